The van der Waals surface area contributed by atoms with E-state index < -0.39 is 6.38 Å². The van der Waals surface area contributed by atoms with E-state index in [0.29, 0.717) is 0 Å². The van der Waals surface area contributed by atoms with Crippen molar-refractivity contribution in [2.45, 2.75) is 20.0 Å². The van der Waals surface area contributed by atoms with Crippen LogP contribution >= 0.6 is 21.9 Å². The highest BCUT2D eigenvalue weighted by atomic mass is 79.9. The zero-order valence-electron chi connectivity index (χ0n) is 4.60. The van der Waals surface area contributed by atoms with Crippen molar-refractivity contribution in [1.82, 2.24) is 0 Å². The fourth-order valence-corrected chi connectivity index (χ4v) is 1.74. The molecule has 0 fully saturated rings. The maximum atomic E-state index is 11.9. The van der Waals surface area contributed by atoms with Crippen LogP contribution in [0.2, 0.25) is 0 Å². The van der Waals surface area contributed by atoms with Crippen LogP contribution in [0.1, 0.15) is 13.8 Å². The van der Waals surface area contributed by atoms with Gasteiger partial charge in [0, 0.05) is 0 Å². The molecule has 0 aromatic heterocycles. The summed E-state index contributed by atoms with van der Waals surface area (Å²) in [5, 5.41) is 0. The Morgan fingerprint density at radius 3 is 2.12 bits per heavy atom. The van der Waals surface area contributed by atoms with E-state index in [-0.39, 0.29) is 6.10 Å². The standard InChI is InChI=1S/C3H7BrFO2P/c1-3(2)7-8(4,5)6/h3H,1-2H3. The zero-order valence-corrected chi connectivity index (χ0v) is 7.08. The molecule has 1 unspecified atom stereocenters. The number of hydrogen-bond acceptors (Lipinski definition) is 2. The van der Waals surface area contributed by atoms with Gasteiger partial charge < -0.3 is 0 Å². The molecule has 0 saturated heterocycles. The Morgan fingerprint density at radius 1 is 1.75 bits per heavy atom. The van der Waals surface area contributed by atoms with Gasteiger partial charge in [0.15, 0.2) is 0 Å². The van der Waals surface area contributed by atoms with E-state index in [2.05, 4.69) is 20.0 Å². The molecule has 1 atom stereocenters. The van der Waals surface area contributed by atoms with E-state index in [1.54, 1.807) is 13.8 Å². The first-order valence-corrected chi connectivity index (χ1v) is 5.63. The van der Waals surface area contributed by atoms with Crippen LogP contribution in [0, 0.1) is 0 Å². The minimum atomic E-state index is -3.91. The van der Waals surface area contributed by atoms with Gasteiger partial charge in [-0.15, -0.1) is 4.20 Å². The van der Waals surface area contributed by atoms with E-state index in [0.717, 1.165) is 0 Å². The molecule has 0 rings (SSSR count). The van der Waals surface area contributed by atoms with E-state index in [4.69, 9.17) is 0 Å². The summed E-state index contributed by atoms with van der Waals surface area (Å²) >= 11 is 2.25. The Hall–Kier alpha value is 0.600. The van der Waals surface area contributed by atoms with Gasteiger partial charge in [-0.25, -0.2) is 4.57 Å². The molecule has 0 heterocycles. The zero-order chi connectivity index (χ0) is 6.78. The summed E-state index contributed by atoms with van der Waals surface area (Å²) in [6.45, 7) is 3.21. The largest absolute Gasteiger partial charge is 0.432 e. The lowest BCUT2D eigenvalue weighted by Crippen LogP contribution is -1.94. The lowest BCUT2D eigenvalue weighted by Gasteiger charge is -2.04. The van der Waals surface area contributed by atoms with Crippen LogP contribution in [0.5, 0.6) is 0 Å². The van der Waals surface area contributed by atoms with E-state index in [1.807, 2.05) is 0 Å². The van der Waals surface area contributed by atoms with Gasteiger partial charge in [-0.05, 0) is 13.8 Å². The quantitative estimate of drug-likeness (QED) is 0.647. The average Bonchev–Trinajstić information content (AvgIpc) is 1.21. The predicted octanol–water partition coefficient (Wildman–Crippen LogP) is 2.88. The average molecular weight is 205 g/mol. The van der Waals surface area contributed by atoms with E-state index >= 15 is 0 Å². The number of halogens is 2. The van der Waals surface area contributed by atoms with Crippen LogP contribution in [0.3, 0.4) is 0 Å². The minimum Gasteiger partial charge on any atom is -0.295 e. The van der Waals surface area contributed by atoms with E-state index in [1.165, 1.54) is 0 Å². The first-order chi connectivity index (χ1) is 3.42. The van der Waals surface area contributed by atoms with Crippen molar-refractivity contribution in [1.29, 1.82) is 0 Å². The fraction of sp³-hybridized carbons (Fsp3) is 1.00. The fourth-order valence-electron chi connectivity index (χ4n) is 0.245. The molecule has 0 radical (unpaired) electrons. The van der Waals surface area contributed by atoms with Crippen LogP contribution in [-0.4, -0.2) is 6.10 Å². The second-order valence-electron chi connectivity index (χ2n) is 1.57. The molecular formula is C3H7BrFO2P. The summed E-state index contributed by atoms with van der Waals surface area (Å²) in [4.78, 5) is 0. The van der Waals surface area contributed by atoms with Crippen molar-refractivity contribution < 1.29 is 13.3 Å². The summed E-state index contributed by atoms with van der Waals surface area (Å²) in [6, 6.07) is 0. The summed E-state index contributed by atoms with van der Waals surface area (Å²) in [5.74, 6) is 0. The summed E-state index contributed by atoms with van der Waals surface area (Å²) < 4.78 is 26.2. The summed E-state index contributed by atoms with van der Waals surface area (Å²) in [6.07, 6.45) is -4.25. The van der Waals surface area contributed by atoms with Gasteiger partial charge in [0.2, 0.25) is 0 Å². The molecule has 0 aliphatic rings. The second kappa shape index (κ2) is 2.95. The molecule has 0 bridgehead atoms. The van der Waals surface area contributed by atoms with Crippen molar-refractivity contribution in [3.63, 3.8) is 0 Å². The minimum absolute atomic E-state index is 0.342. The van der Waals surface area contributed by atoms with Gasteiger partial charge >= 0.3 is 6.38 Å². The molecule has 0 saturated carbocycles. The van der Waals surface area contributed by atoms with Crippen LogP contribution < -0.4 is 0 Å². The van der Waals surface area contributed by atoms with Crippen molar-refractivity contribution in [2.75, 3.05) is 0 Å². The highest BCUT2D eigenvalue weighted by molar-refractivity contribution is 9.39. The lowest BCUT2D eigenvalue weighted by atomic mass is 10.5. The van der Waals surface area contributed by atoms with Crippen LogP contribution in [0.25, 0.3) is 0 Å². The van der Waals surface area contributed by atoms with Gasteiger partial charge in [-0.3, -0.25) is 4.52 Å². The van der Waals surface area contributed by atoms with Gasteiger partial charge in [-0.1, -0.05) is 0 Å². The lowest BCUT2D eigenvalue weighted by molar-refractivity contribution is 0.236. The maximum Gasteiger partial charge on any atom is 0.432 e. The molecule has 0 aromatic carbocycles. The van der Waals surface area contributed by atoms with Crippen molar-refractivity contribution >= 4 is 21.9 Å². The van der Waals surface area contributed by atoms with Gasteiger partial charge in [0.25, 0.3) is 0 Å². The molecule has 50 valence electrons. The molecule has 5 heteroatoms. The number of hydrogen-bond donors (Lipinski definition) is 0. The van der Waals surface area contributed by atoms with Crippen LogP contribution in [-0.2, 0) is 9.09 Å². The van der Waals surface area contributed by atoms with Gasteiger partial charge in [0.05, 0.1) is 21.6 Å². The molecular weight excluding hydrogens is 198 g/mol. The smallest absolute Gasteiger partial charge is 0.295 e. The first kappa shape index (κ1) is 8.60. The van der Waals surface area contributed by atoms with Crippen molar-refractivity contribution in [2.24, 2.45) is 0 Å². The third-order valence-corrected chi connectivity index (χ3v) is 1.50. The third kappa shape index (κ3) is 6.60. The Bertz CT molecular complexity index is 110. The summed E-state index contributed by atoms with van der Waals surface area (Å²) in [7, 11) is 0. The van der Waals surface area contributed by atoms with Crippen molar-refractivity contribution in [3.8, 4) is 0 Å². The Balaban J connectivity index is 3.56. The highest BCUT2D eigenvalue weighted by Gasteiger charge is 2.17. The van der Waals surface area contributed by atoms with Gasteiger partial charge in [0.1, 0.15) is 0 Å². The Kier molecular flexibility index (Phi) is 3.17. The van der Waals surface area contributed by atoms with E-state index in [9.17, 15) is 8.76 Å². The number of rotatable bonds is 2. The van der Waals surface area contributed by atoms with Crippen LogP contribution in [0.4, 0.5) is 4.20 Å². The molecule has 0 amide bonds. The Morgan fingerprint density at radius 2 is 2.12 bits per heavy atom. The normalized spacial score (nSPS) is 18.6. The Labute approximate surface area is 55.7 Å². The summed E-state index contributed by atoms with van der Waals surface area (Å²) in [5.41, 5.74) is 0. The molecule has 0 N–H and O–H groups in total. The molecule has 0 aliphatic carbocycles. The van der Waals surface area contributed by atoms with Crippen molar-refractivity contribution in [3.05, 3.63) is 0 Å². The first-order valence-electron chi connectivity index (χ1n) is 2.09. The molecule has 0 spiro atoms. The third-order valence-electron chi connectivity index (χ3n) is 0.334. The predicted molar refractivity (Wildman–Crippen MR) is 33.9 cm³/mol. The second-order valence-corrected chi connectivity index (χ2v) is 5.15. The molecule has 0 aliphatic heterocycles. The molecule has 0 aromatic rings. The monoisotopic (exact) mass is 204 g/mol. The topological polar surface area (TPSA) is 26.3 Å². The maximum absolute atomic E-state index is 11.9. The SMILES string of the molecule is CC(C)OP(=O)(F)Br. The molecule has 8 heavy (non-hydrogen) atoms. The highest BCUT2D eigenvalue weighted by Crippen LogP contribution is 2.57. The molecule has 2 nitrogen and oxygen atoms in total. The van der Waals surface area contributed by atoms with Gasteiger partial charge in [-0.2, -0.15) is 0 Å². The van der Waals surface area contributed by atoms with Crippen LogP contribution in [0.15, 0.2) is 0 Å².